The average molecular weight is 213 g/mol. The van der Waals surface area contributed by atoms with Crippen LogP contribution in [0.4, 0.5) is 0 Å². The summed E-state index contributed by atoms with van der Waals surface area (Å²) in [6, 6.07) is 0.723. The number of rotatable bonds is 3. The van der Waals surface area contributed by atoms with Crippen LogP contribution in [0.15, 0.2) is 0 Å². The Morgan fingerprint density at radius 2 is 2.40 bits per heavy atom. The largest absolute Gasteiger partial charge is 0.374 e. The lowest BCUT2D eigenvalue weighted by Gasteiger charge is -2.31. The third-order valence-corrected chi connectivity index (χ3v) is 3.49. The molecule has 4 heteroatoms. The molecule has 0 radical (unpaired) electrons. The van der Waals surface area contributed by atoms with E-state index in [-0.39, 0.29) is 0 Å². The maximum absolute atomic E-state index is 5.72. The summed E-state index contributed by atoms with van der Waals surface area (Å²) < 4.78 is 5.72. The summed E-state index contributed by atoms with van der Waals surface area (Å²) in [4.78, 5) is 4.86. The number of likely N-dealkylation sites (N-methyl/N-ethyl adjacent to an activating group) is 2. The zero-order chi connectivity index (χ0) is 10.7. The summed E-state index contributed by atoms with van der Waals surface area (Å²) in [5, 5.41) is 3.38. The number of hydrogen-bond acceptors (Lipinski definition) is 4. The van der Waals surface area contributed by atoms with Crippen LogP contribution in [-0.4, -0.2) is 75.4 Å². The normalized spacial score (nSPS) is 33.8. The van der Waals surface area contributed by atoms with Gasteiger partial charge in [-0.15, -0.1) is 0 Å². The first-order chi connectivity index (χ1) is 7.25. The van der Waals surface area contributed by atoms with Gasteiger partial charge in [0.2, 0.25) is 0 Å². The monoisotopic (exact) mass is 213 g/mol. The third kappa shape index (κ3) is 3.14. The highest BCUT2D eigenvalue weighted by Gasteiger charge is 2.25. The quantitative estimate of drug-likeness (QED) is 0.691. The van der Waals surface area contributed by atoms with Gasteiger partial charge in [-0.1, -0.05) is 0 Å². The summed E-state index contributed by atoms with van der Waals surface area (Å²) in [5.74, 6) is 0. The molecule has 2 fully saturated rings. The van der Waals surface area contributed by atoms with Gasteiger partial charge in [0.1, 0.15) is 0 Å². The van der Waals surface area contributed by atoms with Gasteiger partial charge in [-0.3, -0.25) is 4.90 Å². The topological polar surface area (TPSA) is 27.7 Å². The van der Waals surface area contributed by atoms with Crippen molar-refractivity contribution in [3.63, 3.8) is 0 Å². The lowest BCUT2D eigenvalue weighted by molar-refractivity contribution is 0.00367. The van der Waals surface area contributed by atoms with Crippen LogP contribution in [0.2, 0.25) is 0 Å². The number of nitrogens with zero attached hydrogens (tertiary/aromatic N) is 2. The Labute approximate surface area is 92.6 Å². The molecule has 2 aliphatic heterocycles. The van der Waals surface area contributed by atoms with E-state index in [4.69, 9.17) is 4.74 Å². The van der Waals surface area contributed by atoms with Crippen LogP contribution in [-0.2, 0) is 4.74 Å². The van der Waals surface area contributed by atoms with Crippen molar-refractivity contribution in [1.82, 2.24) is 15.1 Å². The minimum absolute atomic E-state index is 0.384. The number of morpholine rings is 1. The standard InChI is InChI=1S/C11H23N3O/c1-13-5-3-10(8-13)14(2)9-11-7-12-4-6-15-11/h10-12H,3-9H2,1-2H3. The molecule has 2 atom stereocenters. The molecule has 1 N–H and O–H groups in total. The van der Waals surface area contributed by atoms with E-state index in [2.05, 4.69) is 29.2 Å². The molecule has 0 aliphatic carbocycles. The lowest BCUT2D eigenvalue weighted by atomic mass is 10.2. The fourth-order valence-electron chi connectivity index (χ4n) is 2.48. The van der Waals surface area contributed by atoms with E-state index >= 15 is 0 Å². The van der Waals surface area contributed by atoms with Gasteiger partial charge in [-0.2, -0.15) is 0 Å². The van der Waals surface area contributed by atoms with Crippen molar-refractivity contribution in [2.45, 2.75) is 18.6 Å². The second-order valence-electron chi connectivity index (χ2n) is 4.84. The van der Waals surface area contributed by atoms with E-state index in [9.17, 15) is 0 Å². The molecule has 4 nitrogen and oxygen atoms in total. The van der Waals surface area contributed by atoms with Gasteiger partial charge in [0.15, 0.2) is 0 Å². The number of likely N-dealkylation sites (tertiary alicyclic amines) is 1. The zero-order valence-electron chi connectivity index (χ0n) is 9.91. The molecule has 2 unspecified atom stereocenters. The van der Waals surface area contributed by atoms with Crippen molar-refractivity contribution in [2.24, 2.45) is 0 Å². The van der Waals surface area contributed by atoms with E-state index in [0.29, 0.717) is 6.10 Å². The molecule has 0 bridgehead atoms. The second-order valence-corrected chi connectivity index (χ2v) is 4.84. The SMILES string of the molecule is CN1CCC(N(C)CC2CNCCO2)C1. The van der Waals surface area contributed by atoms with Crippen LogP contribution in [0.3, 0.4) is 0 Å². The molecular weight excluding hydrogens is 190 g/mol. The third-order valence-electron chi connectivity index (χ3n) is 3.49. The molecule has 0 spiro atoms. The van der Waals surface area contributed by atoms with Crippen LogP contribution in [0.1, 0.15) is 6.42 Å². The highest BCUT2D eigenvalue weighted by Crippen LogP contribution is 2.13. The van der Waals surface area contributed by atoms with Crippen molar-refractivity contribution >= 4 is 0 Å². The average Bonchev–Trinajstić information content (AvgIpc) is 2.66. The van der Waals surface area contributed by atoms with Crippen LogP contribution in [0.5, 0.6) is 0 Å². The Balaban J connectivity index is 1.73. The Hall–Kier alpha value is -0.160. The zero-order valence-corrected chi connectivity index (χ0v) is 9.91. The van der Waals surface area contributed by atoms with Gasteiger partial charge >= 0.3 is 0 Å². The van der Waals surface area contributed by atoms with Crippen molar-refractivity contribution in [3.05, 3.63) is 0 Å². The number of ether oxygens (including phenoxy) is 1. The summed E-state index contributed by atoms with van der Waals surface area (Å²) in [5.41, 5.74) is 0. The Morgan fingerprint density at radius 3 is 3.00 bits per heavy atom. The summed E-state index contributed by atoms with van der Waals surface area (Å²) in [7, 11) is 4.42. The minimum Gasteiger partial charge on any atom is -0.374 e. The van der Waals surface area contributed by atoms with Crippen molar-refractivity contribution in [1.29, 1.82) is 0 Å². The van der Waals surface area contributed by atoms with E-state index < -0.39 is 0 Å². The molecule has 2 saturated heterocycles. The van der Waals surface area contributed by atoms with Crippen molar-refractivity contribution in [2.75, 3.05) is 53.4 Å². The smallest absolute Gasteiger partial charge is 0.0826 e. The highest BCUT2D eigenvalue weighted by molar-refractivity contribution is 4.82. The van der Waals surface area contributed by atoms with Crippen LogP contribution < -0.4 is 5.32 Å². The fourth-order valence-corrected chi connectivity index (χ4v) is 2.48. The molecule has 15 heavy (non-hydrogen) atoms. The fraction of sp³-hybridized carbons (Fsp3) is 1.00. The van der Waals surface area contributed by atoms with Gasteiger partial charge in [-0.05, 0) is 27.1 Å². The van der Waals surface area contributed by atoms with E-state index in [1.165, 1.54) is 19.5 Å². The predicted octanol–water partition coefficient (Wildman–Crippen LogP) is -0.389. The van der Waals surface area contributed by atoms with Crippen molar-refractivity contribution < 1.29 is 4.74 Å². The van der Waals surface area contributed by atoms with Crippen LogP contribution in [0, 0.1) is 0 Å². The molecule has 88 valence electrons. The van der Waals surface area contributed by atoms with Crippen LogP contribution >= 0.6 is 0 Å². The summed E-state index contributed by atoms with van der Waals surface area (Å²) in [6.07, 6.45) is 1.68. The van der Waals surface area contributed by atoms with Gasteiger partial charge in [0.05, 0.1) is 12.7 Å². The summed E-state index contributed by atoms with van der Waals surface area (Å²) in [6.45, 7) is 6.38. The maximum Gasteiger partial charge on any atom is 0.0826 e. The van der Waals surface area contributed by atoms with Crippen molar-refractivity contribution in [3.8, 4) is 0 Å². The minimum atomic E-state index is 0.384. The molecule has 0 saturated carbocycles. The maximum atomic E-state index is 5.72. The predicted molar refractivity (Wildman–Crippen MR) is 61.1 cm³/mol. The molecule has 2 aliphatic rings. The lowest BCUT2D eigenvalue weighted by Crippen LogP contribution is -2.47. The molecule has 0 aromatic carbocycles. The van der Waals surface area contributed by atoms with Gasteiger partial charge in [0.25, 0.3) is 0 Å². The molecule has 0 aromatic heterocycles. The highest BCUT2D eigenvalue weighted by atomic mass is 16.5. The summed E-state index contributed by atoms with van der Waals surface area (Å²) >= 11 is 0. The first kappa shape index (κ1) is 11.3. The molecule has 2 heterocycles. The van der Waals surface area contributed by atoms with E-state index in [1.807, 2.05) is 0 Å². The molecule has 0 amide bonds. The molecule has 2 rings (SSSR count). The van der Waals surface area contributed by atoms with Gasteiger partial charge in [-0.25, -0.2) is 0 Å². The van der Waals surface area contributed by atoms with E-state index in [0.717, 1.165) is 32.3 Å². The number of nitrogens with one attached hydrogen (secondary N) is 1. The second kappa shape index (κ2) is 5.25. The first-order valence-corrected chi connectivity index (χ1v) is 5.97. The molecule has 0 aromatic rings. The van der Waals surface area contributed by atoms with Gasteiger partial charge in [0, 0.05) is 32.2 Å². The Bertz CT molecular complexity index is 194. The number of hydrogen-bond donors (Lipinski definition) is 1. The van der Waals surface area contributed by atoms with E-state index in [1.54, 1.807) is 0 Å². The molecular formula is C11H23N3O. The first-order valence-electron chi connectivity index (χ1n) is 5.97. The van der Waals surface area contributed by atoms with Crippen LogP contribution in [0.25, 0.3) is 0 Å². The Morgan fingerprint density at radius 1 is 1.53 bits per heavy atom. The Kier molecular flexibility index (Phi) is 3.97. The van der Waals surface area contributed by atoms with Gasteiger partial charge < -0.3 is 15.0 Å².